The number of fused-ring (bicyclic) bond motifs is 1. The number of hydrogen-bond donors (Lipinski definition) is 0. The highest BCUT2D eigenvalue weighted by Gasteiger charge is 2.30. The number of carbonyl (C=O) groups excluding carboxylic acids is 1. The second kappa shape index (κ2) is 10.8. The number of hydrogen-bond acceptors (Lipinski definition) is 6. The summed E-state index contributed by atoms with van der Waals surface area (Å²) in [6.45, 7) is 12.7. The lowest BCUT2D eigenvalue weighted by Gasteiger charge is -2.40. The smallest absolute Gasteiger partial charge is 0.350 e. The molecule has 3 aromatic heterocycles. The first-order chi connectivity index (χ1) is 19.1. The molecule has 0 N–H and O–H groups in total. The minimum atomic E-state index is -0.559. The van der Waals surface area contributed by atoms with E-state index in [-0.39, 0.29) is 34.3 Å². The van der Waals surface area contributed by atoms with Crippen molar-refractivity contribution < 1.29 is 9.18 Å². The zero-order chi connectivity index (χ0) is 28.7. The van der Waals surface area contributed by atoms with E-state index in [4.69, 9.17) is 16.6 Å². The van der Waals surface area contributed by atoms with Crippen LogP contribution < -0.4 is 10.6 Å². The molecule has 40 heavy (non-hydrogen) atoms. The van der Waals surface area contributed by atoms with Crippen molar-refractivity contribution in [3.8, 4) is 17.1 Å². The summed E-state index contributed by atoms with van der Waals surface area (Å²) < 4.78 is 16.5. The van der Waals surface area contributed by atoms with Crippen LogP contribution in [0.15, 0.2) is 60.0 Å². The first kappa shape index (κ1) is 27.5. The standard InChI is InChI=1S/C30H30ClFN6O2/c1-6-25(39)36-11-12-37(19(5)16-36)28-21-14-22(31)26(27-23(32)13-18(4)15-33-27)34-29(21)38(30(40)35-28)24-10-8-7-9-20(24)17(2)3/h6-10,13-15,17,19H,1,11-12,16H2,2-5H3/t19-/m0/s1. The maximum absolute atomic E-state index is 15.1. The lowest BCUT2D eigenvalue weighted by Crippen LogP contribution is -2.54. The predicted molar refractivity (Wildman–Crippen MR) is 156 cm³/mol. The molecule has 5 rings (SSSR count). The summed E-state index contributed by atoms with van der Waals surface area (Å²) in [6.07, 6.45) is 2.85. The molecule has 4 aromatic rings. The van der Waals surface area contributed by atoms with Crippen LogP contribution in [0.3, 0.4) is 0 Å². The first-order valence-electron chi connectivity index (χ1n) is 13.1. The highest BCUT2D eigenvalue weighted by Crippen LogP contribution is 2.35. The van der Waals surface area contributed by atoms with Gasteiger partial charge in [-0.2, -0.15) is 4.98 Å². The molecule has 0 bridgehead atoms. The molecule has 1 aliphatic heterocycles. The molecule has 1 aliphatic rings. The van der Waals surface area contributed by atoms with E-state index >= 15 is 4.39 Å². The van der Waals surface area contributed by atoms with Crippen molar-refractivity contribution >= 4 is 34.4 Å². The van der Waals surface area contributed by atoms with Crippen LogP contribution in [0.4, 0.5) is 10.2 Å². The van der Waals surface area contributed by atoms with E-state index in [0.29, 0.717) is 47.7 Å². The Bertz CT molecular complexity index is 1700. The zero-order valence-electron chi connectivity index (χ0n) is 22.9. The van der Waals surface area contributed by atoms with Gasteiger partial charge in [0.1, 0.15) is 17.2 Å². The number of benzene rings is 1. The number of amides is 1. The molecule has 0 radical (unpaired) electrons. The van der Waals surface area contributed by atoms with E-state index in [1.807, 2.05) is 49.9 Å². The van der Waals surface area contributed by atoms with E-state index in [2.05, 4.69) is 16.5 Å². The Labute approximate surface area is 236 Å². The number of carbonyl (C=O) groups is 1. The Balaban J connectivity index is 1.79. The third-order valence-corrected chi connectivity index (χ3v) is 7.48. The fraction of sp³-hybridized carbons (Fsp3) is 0.300. The van der Waals surface area contributed by atoms with Crippen LogP contribution in [0.25, 0.3) is 28.1 Å². The van der Waals surface area contributed by atoms with Gasteiger partial charge in [-0.1, -0.05) is 50.2 Å². The fourth-order valence-electron chi connectivity index (χ4n) is 5.20. The molecule has 1 amide bonds. The molecule has 206 valence electrons. The number of para-hydroxylation sites is 1. The van der Waals surface area contributed by atoms with Crippen LogP contribution in [0.2, 0.25) is 5.02 Å². The van der Waals surface area contributed by atoms with E-state index in [1.165, 1.54) is 16.7 Å². The second-order valence-electron chi connectivity index (χ2n) is 10.3. The quantitative estimate of drug-likeness (QED) is 0.308. The van der Waals surface area contributed by atoms with Gasteiger partial charge in [0.05, 0.1) is 16.1 Å². The first-order valence-corrected chi connectivity index (χ1v) is 13.5. The number of halogens is 2. The Hall–Kier alpha value is -4.11. The molecule has 1 saturated heterocycles. The molecule has 1 aromatic carbocycles. The third-order valence-electron chi connectivity index (χ3n) is 7.19. The van der Waals surface area contributed by atoms with Gasteiger partial charge in [0.25, 0.3) is 0 Å². The van der Waals surface area contributed by atoms with Gasteiger partial charge in [-0.15, -0.1) is 0 Å². The molecular formula is C30H30ClFN6O2. The normalized spacial score (nSPS) is 15.6. The van der Waals surface area contributed by atoms with Crippen LogP contribution >= 0.6 is 11.6 Å². The van der Waals surface area contributed by atoms with Gasteiger partial charge >= 0.3 is 5.69 Å². The number of anilines is 1. The maximum Gasteiger partial charge on any atom is 0.355 e. The Morgan fingerprint density at radius 1 is 1.18 bits per heavy atom. The zero-order valence-corrected chi connectivity index (χ0v) is 23.6. The average molecular weight is 561 g/mol. The lowest BCUT2D eigenvalue weighted by atomic mass is 10.0. The number of pyridine rings is 2. The lowest BCUT2D eigenvalue weighted by molar-refractivity contribution is -0.126. The number of rotatable bonds is 5. The van der Waals surface area contributed by atoms with Gasteiger partial charge in [-0.3, -0.25) is 9.78 Å². The molecule has 0 unspecified atom stereocenters. The summed E-state index contributed by atoms with van der Waals surface area (Å²) in [6, 6.07) is 10.5. The summed E-state index contributed by atoms with van der Waals surface area (Å²) in [7, 11) is 0. The van der Waals surface area contributed by atoms with Gasteiger partial charge in [0.2, 0.25) is 5.91 Å². The van der Waals surface area contributed by atoms with Gasteiger partial charge < -0.3 is 9.80 Å². The van der Waals surface area contributed by atoms with E-state index in [9.17, 15) is 9.59 Å². The van der Waals surface area contributed by atoms with Gasteiger partial charge in [0, 0.05) is 31.9 Å². The summed E-state index contributed by atoms with van der Waals surface area (Å²) >= 11 is 6.73. The number of piperazine rings is 1. The molecule has 1 fully saturated rings. The van der Waals surface area contributed by atoms with Gasteiger partial charge in [0.15, 0.2) is 11.5 Å². The number of aromatic nitrogens is 4. The Morgan fingerprint density at radius 2 is 1.93 bits per heavy atom. The van der Waals surface area contributed by atoms with Crippen LogP contribution in [0.5, 0.6) is 0 Å². The highest BCUT2D eigenvalue weighted by atomic mass is 35.5. The van der Waals surface area contributed by atoms with Crippen molar-refractivity contribution in [3.05, 3.63) is 87.7 Å². The SMILES string of the molecule is C=CC(=O)N1CCN(c2nc(=O)n(-c3ccccc3C(C)C)c3nc(-c4ncc(C)cc4F)c(Cl)cc23)[C@@H](C)C1. The molecule has 4 heterocycles. The molecule has 0 saturated carbocycles. The van der Waals surface area contributed by atoms with Crippen molar-refractivity contribution in [3.63, 3.8) is 0 Å². The van der Waals surface area contributed by atoms with Crippen LogP contribution in [-0.2, 0) is 4.79 Å². The topological polar surface area (TPSA) is 84.2 Å². The molecule has 8 nitrogen and oxygen atoms in total. The molecule has 0 aliphatic carbocycles. The van der Waals surface area contributed by atoms with Crippen molar-refractivity contribution in [2.45, 2.75) is 39.7 Å². The summed E-state index contributed by atoms with van der Waals surface area (Å²) in [4.78, 5) is 43.3. The largest absolute Gasteiger partial charge is 0.355 e. The maximum atomic E-state index is 15.1. The summed E-state index contributed by atoms with van der Waals surface area (Å²) in [5.74, 6) is -0.186. The molecule has 10 heteroatoms. The summed E-state index contributed by atoms with van der Waals surface area (Å²) in [5, 5.41) is 0.719. The van der Waals surface area contributed by atoms with Crippen molar-refractivity contribution in [2.24, 2.45) is 0 Å². The minimum absolute atomic E-state index is 0.00285. The minimum Gasteiger partial charge on any atom is -0.350 e. The van der Waals surface area contributed by atoms with Gasteiger partial charge in [-0.05, 0) is 55.2 Å². The monoisotopic (exact) mass is 560 g/mol. The van der Waals surface area contributed by atoms with Gasteiger partial charge in [-0.25, -0.2) is 18.7 Å². The number of nitrogens with zero attached hydrogens (tertiary/aromatic N) is 6. The molecule has 1 atom stereocenters. The van der Waals surface area contributed by atoms with Crippen LogP contribution in [-0.4, -0.2) is 56.0 Å². The van der Waals surface area contributed by atoms with Crippen LogP contribution in [0, 0.1) is 12.7 Å². The molecular weight excluding hydrogens is 531 g/mol. The highest BCUT2D eigenvalue weighted by molar-refractivity contribution is 6.33. The Kier molecular flexibility index (Phi) is 7.42. The summed E-state index contributed by atoms with van der Waals surface area (Å²) in [5.41, 5.74) is 2.13. The predicted octanol–water partition coefficient (Wildman–Crippen LogP) is 5.29. The second-order valence-corrected chi connectivity index (χ2v) is 10.7. The van der Waals surface area contributed by atoms with Crippen molar-refractivity contribution in [1.82, 2.24) is 24.4 Å². The number of aryl methyl sites for hydroxylation is 1. The van der Waals surface area contributed by atoms with Crippen molar-refractivity contribution in [2.75, 3.05) is 24.5 Å². The van der Waals surface area contributed by atoms with E-state index in [0.717, 1.165) is 5.56 Å². The fourth-order valence-corrected chi connectivity index (χ4v) is 5.44. The van der Waals surface area contributed by atoms with E-state index < -0.39 is 11.5 Å². The van der Waals surface area contributed by atoms with Crippen molar-refractivity contribution in [1.29, 1.82) is 0 Å². The Morgan fingerprint density at radius 3 is 2.60 bits per heavy atom. The average Bonchev–Trinajstić information content (AvgIpc) is 2.92. The van der Waals surface area contributed by atoms with E-state index in [1.54, 1.807) is 24.1 Å². The molecule has 0 spiro atoms. The van der Waals surface area contributed by atoms with Crippen LogP contribution in [0.1, 0.15) is 37.8 Å². The third kappa shape index (κ3) is 4.86.